The van der Waals surface area contributed by atoms with Crippen molar-refractivity contribution in [2.45, 2.75) is 64.6 Å². The van der Waals surface area contributed by atoms with Gasteiger partial charge in [-0.1, -0.05) is 60.7 Å². The second-order valence-electron chi connectivity index (χ2n) is 11.8. The first-order valence-electron chi connectivity index (χ1n) is 14.5. The van der Waals surface area contributed by atoms with Crippen LogP contribution in [0, 0.1) is 23.7 Å². The van der Waals surface area contributed by atoms with Crippen molar-refractivity contribution in [2.24, 2.45) is 23.7 Å². The minimum absolute atomic E-state index is 0.259. The number of carbonyl (C=O) groups excluding carboxylic acids is 1. The van der Waals surface area contributed by atoms with E-state index in [1.54, 1.807) is 0 Å². The predicted molar refractivity (Wildman–Crippen MR) is 154 cm³/mol. The average molecular weight is 509 g/mol. The molecule has 4 aliphatic carbocycles. The number of nitrogens with one attached hydrogen (secondary N) is 1. The van der Waals surface area contributed by atoms with Gasteiger partial charge in [0.05, 0.1) is 23.5 Å². The molecule has 0 aliphatic heterocycles. The van der Waals surface area contributed by atoms with Crippen molar-refractivity contribution >= 4 is 17.3 Å². The first-order chi connectivity index (χ1) is 18.6. The van der Waals surface area contributed by atoms with E-state index >= 15 is 0 Å². The normalized spacial score (nSPS) is 25.6. The highest BCUT2D eigenvalue weighted by atomic mass is 16.5. The minimum Gasteiger partial charge on any atom is -0.462 e. The fourth-order valence-corrected chi connectivity index (χ4v) is 7.58. The summed E-state index contributed by atoms with van der Waals surface area (Å²) in [7, 11) is 0. The fraction of sp³-hybridized carbons (Fsp3) is 0.441. The quantitative estimate of drug-likeness (QED) is 0.301. The lowest BCUT2D eigenvalue weighted by Crippen LogP contribution is -2.33. The maximum atomic E-state index is 12.8. The Hall–Kier alpha value is -3.27. The maximum absolute atomic E-state index is 12.8. The number of hydrogen-bond donors (Lipinski definition) is 1. The molecule has 3 aromatic carbocycles. The number of fused-ring (bicyclic) bond motifs is 1. The molecule has 4 nitrogen and oxygen atoms in total. The Morgan fingerprint density at radius 1 is 0.789 bits per heavy atom. The van der Waals surface area contributed by atoms with Crippen molar-refractivity contribution in [3.63, 3.8) is 0 Å². The Morgan fingerprint density at radius 2 is 1.37 bits per heavy atom. The van der Waals surface area contributed by atoms with E-state index in [-0.39, 0.29) is 5.97 Å². The van der Waals surface area contributed by atoms with Crippen molar-refractivity contribution < 1.29 is 9.53 Å². The van der Waals surface area contributed by atoms with Gasteiger partial charge in [0.15, 0.2) is 0 Å². The van der Waals surface area contributed by atoms with Gasteiger partial charge in [-0.2, -0.15) is 0 Å². The molecule has 0 radical (unpaired) electrons. The summed E-state index contributed by atoms with van der Waals surface area (Å²) in [5.74, 6) is 3.21. The number of anilines is 2. The van der Waals surface area contributed by atoms with Gasteiger partial charge >= 0.3 is 5.97 Å². The lowest BCUT2D eigenvalue weighted by Gasteiger charge is -2.39. The molecule has 0 spiro atoms. The van der Waals surface area contributed by atoms with Gasteiger partial charge in [-0.25, -0.2) is 4.79 Å². The summed E-state index contributed by atoms with van der Waals surface area (Å²) in [6.45, 7) is 3.76. The monoisotopic (exact) mass is 508 g/mol. The standard InChI is InChI=1S/C34H40N2O2/c1-2-38-34(37)29-13-14-31(35-32-20-28-16-26-15-27(17-28)19-30(32)18-26)33(21-29)36(22-24-9-5-3-6-10-24)23-25-11-7-4-8-12-25/h3-14,21,26-28,30,32,35H,2,15-20,22-23H2,1H3. The van der Waals surface area contributed by atoms with E-state index in [0.29, 0.717) is 18.2 Å². The van der Waals surface area contributed by atoms with E-state index in [0.717, 1.165) is 48.1 Å². The molecule has 7 rings (SSSR count). The van der Waals surface area contributed by atoms with E-state index < -0.39 is 0 Å². The van der Waals surface area contributed by atoms with Gasteiger partial charge in [-0.15, -0.1) is 0 Å². The van der Waals surface area contributed by atoms with Crippen LogP contribution in [0.4, 0.5) is 11.4 Å². The van der Waals surface area contributed by atoms with Gasteiger partial charge in [-0.05, 0) is 98.4 Å². The summed E-state index contributed by atoms with van der Waals surface area (Å²) >= 11 is 0. The third-order valence-corrected chi connectivity index (χ3v) is 9.05. The van der Waals surface area contributed by atoms with Gasteiger partial charge in [0.1, 0.15) is 0 Å². The predicted octanol–water partition coefficient (Wildman–Crippen LogP) is 7.70. The zero-order valence-electron chi connectivity index (χ0n) is 22.5. The molecule has 38 heavy (non-hydrogen) atoms. The minimum atomic E-state index is -0.259. The summed E-state index contributed by atoms with van der Waals surface area (Å²) in [6.07, 6.45) is 8.33. The summed E-state index contributed by atoms with van der Waals surface area (Å²) in [5.41, 5.74) is 5.32. The number of nitrogens with zero attached hydrogens (tertiary/aromatic N) is 1. The smallest absolute Gasteiger partial charge is 0.338 e. The molecule has 4 aliphatic rings. The number of esters is 1. The number of carbonyl (C=O) groups is 1. The number of ether oxygens (including phenoxy) is 1. The number of hydrogen-bond acceptors (Lipinski definition) is 4. The highest BCUT2D eigenvalue weighted by Gasteiger charge is 2.43. The molecule has 0 aromatic heterocycles. The third kappa shape index (κ3) is 5.60. The molecule has 4 bridgehead atoms. The molecule has 0 saturated heterocycles. The molecule has 0 heterocycles. The topological polar surface area (TPSA) is 41.6 Å². The van der Waals surface area contributed by atoms with E-state index in [1.807, 2.05) is 19.1 Å². The molecule has 3 aromatic rings. The van der Waals surface area contributed by atoms with Crippen molar-refractivity contribution in [1.29, 1.82) is 0 Å². The van der Waals surface area contributed by atoms with Gasteiger partial charge < -0.3 is 15.0 Å². The first-order valence-corrected chi connectivity index (χ1v) is 14.5. The van der Waals surface area contributed by atoms with E-state index in [9.17, 15) is 4.79 Å². The summed E-state index contributed by atoms with van der Waals surface area (Å²) < 4.78 is 5.40. The second kappa shape index (κ2) is 11.2. The molecular weight excluding hydrogens is 468 g/mol. The lowest BCUT2D eigenvalue weighted by molar-refractivity contribution is 0.0526. The highest BCUT2D eigenvalue weighted by molar-refractivity contribution is 5.92. The van der Waals surface area contributed by atoms with Crippen molar-refractivity contribution in [3.05, 3.63) is 95.6 Å². The van der Waals surface area contributed by atoms with Crippen LogP contribution in [-0.4, -0.2) is 18.6 Å². The largest absolute Gasteiger partial charge is 0.462 e. The number of rotatable bonds is 9. The van der Waals surface area contributed by atoms with Crippen LogP contribution in [-0.2, 0) is 17.8 Å². The van der Waals surface area contributed by atoms with Crippen LogP contribution in [0.5, 0.6) is 0 Å². The van der Waals surface area contributed by atoms with E-state index in [1.165, 1.54) is 49.7 Å². The van der Waals surface area contributed by atoms with Crippen LogP contribution in [0.2, 0.25) is 0 Å². The molecule has 0 amide bonds. The van der Waals surface area contributed by atoms with Crippen molar-refractivity contribution in [2.75, 3.05) is 16.8 Å². The van der Waals surface area contributed by atoms with E-state index in [2.05, 4.69) is 76.9 Å². The van der Waals surface area contributed by atoms with Gasteiger partial charge in [0, 0.05) is 19.1 Å². The zero-order valence-corrected chi connectivity index (χ0v) is 22.5. The molecule has 4 saturated carbocycles. The first kappa shape index (κ1) is 25.0. The van der Waals surface area contributed by atoms with Crippen LogP contribution in [0.15, 0.2) is 78.9 Å². The molecule has 3 unspecified atom stereocenters. The Balaban J connectivity index is 1.36. The molecule has 198 valence electrons. The van der Waals surface area contributed by atoms with Crippen LogP contribution >= 0.6 is 0 Å². The molecular formula is C34H40N2O2. The average Bonchev–Trinajstić information content (AvgIpc) is 3.12. The molecule has 4 fully saturated rings. The molecule has 3 atom stereocenters. The Bertz CT molecular complexity index is 1170. The SMILES string of the molecule is CCOC(=O)c1ccc(NC2CC3CC4CC(C3)CC2C4)c(N(Cc2ccccc2)Cc2ccccc2)c1. The number of benzene rings is 3. The maximum Gasteiger partial charge on any atom is 0.338 e. The highest BCUT2D eigenvalue weighted by Crippen LogP contribution is 2.52. The van der Waals surface area contributed by atoms with Gasteiger partial charge in [-0.3, -0.25) is 0 Å². The van der Waals surface area contributed by atoms with Gasteiger partial charge in [0.25, 0.3) is 0 Å². The second-order valence-corrected chi connectivity index (χ2v) is 11.8. The van der Waals surface area contributed by atoms with Crippen molar-refractivity contribution in [1.82, 2.24) is 0 Å². The lowest BCUT2D eigenvalue weighted by atomic mass is 9.67. The Morgan fingerprint density at radius 3 is 1.95 bits per heavy atom. The van der Waals surface area contributed by atoms with Crippen LogP contribution in [0.3, 0.4) is 0 Å². The van der Waals surface area contributed by atoms with Crippen LogP contribution < -0.4 is 10.2 Å². The third-order valence-electron chi connectivity index (χ3n) is 9.05. The van der Waals surface area contributed by atoms with Crippen LogP contribution in [0.1, 0.15) is 66.9 Å². The van der Waals surface area contributed by atoms with Gasteiger partial charge in [0.2, 0.25) is 0 Å². The summed E-state index contributed by atoms with van der Waals surface area (Å²) in [4.78, 5) is 15.2. The Kier molecular flexibility index (Phi) is 7.40. The Labute approximate surface area is 227 Å². The zero-order chi connectivity index (χ0) is 25.9. The van der Waals surface area contributed by atoms with Crippen LogP contribution in [0.25, 0.3) is 0 Å². The van der Waals surface area contributed by atoms with Crippen molar-refractivity contribution in [3.8, 4) is 0 Å². The fourth-order valence-electron chi connectivity index (χ4n) is 7.58. The summed E-state index contributed by atoms with van der Waals surface area (Å²) in [6, 6.07) is 27.9. The molecule has 1 N–H and O–H groups in total. The van der Waals surface area contributed by atoms with E-state index in [4.69, 9.17) is 4.74 Å². The molecule has 4 heteroatoms. The summed E-state index contributed by atoms with van der Waals surface area (Å²) in [5, 5.41) is 4.06.